The number of carbonyl (C=O) groups excluding carboxylic acids is 1. The smallest absolute Gasteiger partial charge is 0.308 e. The average molecular weight is 395 g/mol. The third kappa shape index (κ3) is 10.1. The molecule has 4 nitrogen and oxygen atoms in total. The fourth-order valence-corrected chi connectivity index (χ4v) is 4.38. The number of fused-ring (bicyclic) bond motifs is 2. The minimum atomic E-state index is -0.303. The van der Waals surface area contributed by atoms with Crippen molar-refractivity contribution in [2.45, 2.75) is 134 Å². The van der Waals surface area contributed by atoms with Crippen LogP contribution in [-0.2, 0) is 14.3 Å². The fourth-order valence-electron chi connectivity index (χ4n) is 4.38. The van der Waals surface area contributed by atoms with Gasteiger partial charge in [-0.3, -0.25) is 4.79 Å². The number of esters is 1. The van der Waals surface area contributed by atoms with Gasteiger partial charge in [0.05, 0.1) is 24.7 Å². The molecule has 0 aliphatic carbocycles. The third-order valence-corrected chi connectivity index (χ3v) is 5.96. The molecule has 2 saturated heterocycles. The largest absolute Gasteiger partial charge is 0.462 e. The first kappa shape index (κ1) is 23.4. The van der Waals surface area contributed by atoms with Crippen LogP contribution in [0.3, 0.4) is 0 Å². The number of ether oxygens (including phenoxy) is 2. The molecule has 0 saturated carbocycles. The van der Waals surface area contributed by atoms with Gasteiger partial charge in [-0.1, -0.05) is 64.0 Å². The Kier molecular flexibility index (Phi) is 11.8. The van der Waals surface area contributed by atoms with E-state index in [-0.39, 0.29) is 30.4 Å². The van der Waals surface area contributed by atoms with E-state index in [9.17, 15) is 9.90 Å². The van der Waals surface area contributed by atoms with Crippen molar-refractivity contribution in [3.05, 3.63) is 12.2 Å². The zero-order valence-electron chi connectivity index (χ0n) is 17.9. The number of unbranched alkanes of at least 4 members (excludes halogenated alkanes) is 9. The molecule has 0 spiro atoms. The van der Waals surface area contributed by atoms with Crippen molar-refractivity contribution in [2.75, 3.05) is 0 Å². The highest BCUT2D eigenvalue weighted by molar-refractivity contribution is 5.71. The summed E-state index contributed by atoms with van der Waals surface area (Å²) in [6.07, 6.45) is 21.9. The summed E-state index contributed by atoms with van der Waals surface area (Å²) in [6.45, 7) is 2.26. The van der Waals surface area contributed by atoms with Crippen LogP contribution in [0.15, 0.2) is 12.2 Å². The van der Waals surface area contributed by atoms with Gasteiger partial charge in [-0.25, -0.2) is 0 Å². The van der Waals surface area contributed by atoms with Gasteiger partial charge >= 0.3 is 5.97 Å². The molecule has 0 aromatic carbocycles. The maximum Gasteiger partial charge on any atom is 0.308 e. The lowest BCUT2D eigenvalue weighted by molar-refractivity contribution is -0.186. The van der Waals surface area contributed by atoms with Gasteiger partial charge in [0.2, 0.25) is 0 Å². The van der Waals surface area contributed by atoms with Gasteiger partial charge in [-0.15, -0.1) is 0 Å². The van der Waals surface area contributed by atoms with E-state index in [2.05, 4.69) is 19.1 Å². The van der Waals surface area contributed by atoms with Crippen LogP contribution in [0.1, 0.15) is 110 Å². The second-order valence-electron chi connectivity index (χ2n) is 8.72. The van der Waals surface area contributed by atoms with Crippen LogP contribution < -0.4 is 0 Å². The lowest BCUT2D eigenvalue weighted by Gasteiger charge is -2.39. The maximum atomic E-state index is 11.4. The van der Waals surface area contributed by atoms with Crippen LogP contribution in [-0.4, -0.2) is 35.5 Å². The van der Waals surface area contributed by atoms with E-state index in [0.717, 1.165) is 32.1 Å². The molecule has 162 valence electrons. The topological polar surface area (TPSA) is 55.8 Å². The highest BCUT2D eigenvalue weighted by Gasteiger charge is 2.37. The molecule has 0 amide bonds. The predicted octanol–water partition coefficient (Wildman–Crippen LogP) is 5.86. The number of hydrogen-bond donors (Lipinski definition) is 1. The minimum Gasteiger partial charge on any atom is -0.462 e. The van der Waals surface area contributed by atoms with Crippen molar-refractivity contribution in [2.24, 2.45) is 0 Å². The summed E-state index contributed by atoms with van der Waals surface area (Å²) in [4.78, 5) is 11.4. The van der Waals surface area contributed by atoms with Crippen LogP contribution in [0, 0.1) is 0 Å². The lowest BCUT2D eigenvalue weighted by Crippen LogP contribution is -2.44. The van der Waals surface area contributed by atoms with Crippen LogP contribution >= 0.6 is 0 Å². The van der Waals surface area contributed by atoms with Gasteiger partial charge in [0.25, 0.3) is 0 Å². The van der Waals surface area contributed by atoms with E-state index in [0.29, 0.717) is 12.8 Å². The number of carbonyl (C=O) groups is 1. The van der Waals surface area contributed by atoms with Crippen LogP contribution in [0.2, 0.25) is 0 Å². The van der Waals surface area contributed by atoms with Gasteiger partial charge in [0.1, 0.15) is 6.10 Å². The Morgan fingerprint density at radius 3 is 2.36 bits per heavy atom. The summed E-state index contributed by atoms with van der Waals surface area (Å²) in [5, 5.41) is 10.3. The van der Waals surface area contributed by atoms with Gasteiger partial charge < -0.3 is 14.6 Å². The lowest BCUT2D eigenvalue weighted by atomic mass is 9.93. The molecule has 28 heavy (non-hydrogen) atoms. The monoisotopic (exact) mass is 394 g/mol. The van der Waals surface area contributed by atoms with Gasteiger partial charge in [0.15, 0.2) is 0 Å². The second-order valence-corrected chi connectivity index (χ2v) is 8.72. The Bertz CT molecular complexity index is 432. The molecule has 4 atom stereocenters. The summed E-state index contributed by atoms with van der Waals surface area (Å²) in [6, 6.07) is 0. The predicted molar refractivity (Wildman–Crippen MR) is 113 cm³/mol. The quantitative estimate of drug-likeness (QED) is 0.215. The van der Waals surface area contributed by atoms with Crippen molar-refractivity contribution >= 4 is 5.97 Å². The van der Waals surface area contributed by atoms with E-state index in [4.69, 9.17) is 9.47 Å². The van der Waals surface area contributed by atoms with Gasteiger partial charge in [-0.2, -0.15) is 0 Å². The average Bonchev–Trinajstić information content (AvgIpc) is 2.64. The zero-order chi connectivity index (χ0) is 20.0. The second kappa shape index (κ2) is 14.2. The minimum absolute atomic E-state index is 0.000304. The van der Waals surface area contributed by atoms with E-state index < -0.39 is 0 Å². The van der Waals surface area contributed by atoms with E-state index in [1.54, 1.807) is 0 Å². The Balaban J connectivity index is 1.40. The highest BCUT2D eigenvalue weighted by atomic mass is 16.6. The highest BCUT2D eigenvalue weighted by Crippen LogP contribution is 2.31. The van der Waals surface area contributed by atoms with Gasteiger partial charge in [-0.05, 0) is 38.5 Å². The first-order valence-corrected chi connectivity index (χ1v) is 11.9. The fraction of sp³-hybridized carbons (Fsp3) is 0.875. The number of hydrogen-bond acceptors (Lipinski definition) is 4. The summed E-state index contributed by atoms with van der Waals surface area (Å²) in [7, 11) is 0. The number of aliphatic hydroxyl groups excluding tert-OH is 1. The normalized spacial score (nSPS) is 25.8. The van der Waals surface area contributed by atoms with Crippen LogP contribution in [0.4, 0.5) is 0 Å². The van der Waals surface area contributed by atoms with Gasteiger partial charge in [0, 0.05) is 12.8 Å². The molecule has 0 radical (unpaired) electrons. The molecule has 0 aromatic rings. The Hall–Kier alpha value is -0.870. The molecule has 1 N–H and O–H groups in total. The summed E-state index contributed by atoms with van der Waals surface area (Å²) >= 11 is 0. The van der Waals surface area contributed by atoms with Crippen molar-refractivity contribution in [3.63, 3.8) is 0 Å². The number of rotatable bonds is 15. The molecule has 4 heteroatoms. The molecule has 2 aliphatic heterocycles. The van der Waals surface area contributed by atoms with Crippen molar-refractivity contribution in [1.82, 2.24) is 0 Å². The molecule has 2 fully saturated rings. The molecule has 2 unspecified atom stereocenters. The van der Waals surface area contributed by atoms with Crippen molar-refractivity contribution in [3.8, 4) is 0 Å². The molecular formula is C24H42O4. The zero-order valence-corrected chi connectivity index (χ0v) is 17.9. The third-order valence-electron chi connectivity index (χ3n) is 5.96. The number of aliphatic hydroxyl groups is 1. The maximum absolute atomic E-state index is 11.4. The molecule has 0 aromatic heterocycles. The Labute approximate surface area is 172 Å². The molecule has 2 bridgehead atoms. The Morgan fingerprint density at radius 2 is 1.64 bits per heavy atom. The first-order valence-electron chi connectivity index (χ1n) is 11.9. The number of allylic oxidation sites excluding steroid dienone is 2. The molecule has 2 rings (SSSR count). The first-order chi connectivity index (χ1) is 13.7. The summed E-state index contributed by atoms with van der Waals surface area (Å²) in [5.74, 6) is -0.138. The van der Waals surface area contributed by atoms with Crippen LogP contribution in [0.5, 0.6) is 0 Å². The van der Waals surface area contributed by atoms with Crippen molar-refractivity contribution in [1.29, 1.82) is 0 Å². The van der Waals surface area contributed by atoms with E-state index in [1.807, 2.05) is 0 Å². The van der Waals surface area contributed by atoms with Crippen LogP contribution in [0.25, 0.3) is 0 Å². The standard InChI is InChI=1S/C24H42O4/c1-2-3-4-5-6-7-8-9-10-11-12-13-14-15-20(25)16-21-17-22-18-23(27-21)19-24(26)28-22/h9-10,20-23,25H,2-8,11-19H2,1H3/b10-9-/t20?,21?,22-,23+/m0/s1. The summed E-state index contributed by atoms with van der Waals surface area (Å²) in [5.41, 5.74) is 0. The molecular weight excluding hydrogens is 352 g/mol. The molecule has 2 heterocycles. The van der Waals surface area contributed by atoms with E-state index >= 15 is 0 Å². The molecule has 2 aliphatic rings. The van der Waals surface area contributed by atoms with E-state index in [1.165, 1.54) is 57.8 Å². The SMILES string of the molecule is CCCCCCCC/C=C\CCCCCC(O)CC1C[C@H]2C[C@H](CC(=O)O2)O1. The summed E-state index contributed by atoms with van der Waals surface area (Å²) < 4.78 is 11.3. The Morgan fingerprint density at radius 1 is 0.964 bits per heavy atom. The van der Waals surface area contributed by atoms with Crippen molar-refractivity contribution < 1.29 is 19.4 Å².